The Morgan fingerprint density at radius 1 is 1.09 bits per heavy atom. The standard InChI is InChI=1S/C17H16O5/c1-3-21-14-7-5-4-6-13(14)17(19)22-15-9-8-12(11-18)10-16(15)20-2/h4-11H,3H2,1-2H3. The van der Waals surface area contributed by atoms with Gasteiger partial charge in [-0.15, -0.1) is 0 Å². The molecule has 0 heterocycles. The number of esters is 1. The highest BCUT2D eigenvalue weighted by Gasteiger charge is 2.16. The monoisotopic (exact) mass is 300 g/mol. The summed E-state index contributed by atoms with van der Waals surface area (Å²) in [6.45, 7) is 2.28. The van der Waals surface area contributed by atoms with Crippen LogP contribution in [0.4, 0.5) is 0 Å². The van der Waals surface area contributed by atoms with E-state index in [1.165, 1.54) is 19.2 Å². The predicted octanol–water partition coefficient (Wildman–Crippen LogP) is 3.13. The molecule has 0 radical (unpaired) electrons. The van der Waals surface area contributed by atoms with Gasteiger partial charge in [-0.3, -0.25) is 4.79 Å². The van der Waals surface area contributed by atoms with Crippen molar-refractivity contribution in [2.75, 3.05) is 13.7 Å². The molecule has 0 spiro atoms. The molecule has 0 unspecified atom stereocenters. The third kappa shape index (κ3) is 3.44. The predicted molar refractivity (Wildman–Crippen MR) is 81.0 cm³/mol. The van der Waals surface area contributed by atoms with Gasteiger partial charge in [0.15, 0.2) is 11.5 Å². The van der Waals surface area contributed by atoms with Crippen LogP contribution in [0.2, 0.25) is 0 Å². The van der Waals surface area contributed by atoms with Crippen LogP contribution in [0.5, 0.6) is 17.2 Å². The minimum Gasteiger partial charge on any atom is -0.493 e. The summed E-state index contributed by atoms with van der Waals surface area (Å²) in [4.78, 5) is 23.1. The zero-order valence-corrected chi connectivity index (χ0v) is 12.4. The number of para-hydroxylation sites is 1. The van der Waals surface area contributed by atoms with Gasteiger partial charge in [-0.05, 0) is 37.3 Å². The van der Waals surface area contributed by atoms with Crippen LogP contribution in [-0.2, 0) is 0 Å². The summed E-state index contributed by atoms with van der Waals surface area (Å²) in [5.41, 5.74) is 0.761. The lowest BCUT2D eigenvalue weighted by molar-refractivity contribution is 0.0725. The quantitative estimate of drug-likeness (QED) is 0.466. The second kappa shape index (κ2) is 7.26. The van der Waals surface area contributed by atoms with Crippen molar-refractivity contribution in [1.29, 1.82) is 0 Å². The fourth-order valence-corrected chi connectivity index (χ4v) is 1.91. The molecule has 2 aromatic rings. The van der Waals surface area contributed by atoms with Crippen LogP contribution in [0.25, 0.3) is 0 Å². The van der Waals surface area contributed by atoms with Crippen molar-refractivity contribution in [2.24, 2.45) is 0 Å². The average molecular weight is 300 g/mol. The Bertz CT molecular complexity index is 678. The Kier molecular flexibility index (Phi) is 5.14. The van der Waals surface area contributed by atoms with Crippen LogP contribution >= 0.6 is 0 Å². The molecule has 2 aromatic carbocycles. The molecule has 0 aliphatic carbocycles. The van der Waals surface area contributed by atoms with Gasteiger partial charge >= 0.3 is 5.97 Å². The second-order valence-corrected chi connectivity index (χ2v) is 4.35. The summed E-state index contributed by atoms with van der Waals surface area (Å²) < 4.78 is 15.9. The highest BCUT2D eigenvalue weighted by atomic mass is 16.6. The number of carbonyl (C=O) groups excluding carboxylic acids is 2. The topological polar surface area (TPSA) is 61.8 Å². The van der Waals surface area contributed by atoms with Gasteiger partial charge in [0.05, 0.1) is 13.7 Å². The first-order valence-corrected chi connectivity index (χ1v) is 6.76. The Morgan fingerprint density at radius 2 is 1.86 bits per heavy atom. The first-order valence-electron chi connectivity index (χ1n) is 6.76. The number of carbonyl (C=O) groups is 2. The number of hydrogen-bond donors (Lipinski definition) is 0. The number of benzene rings is 2. The van der Waals surface area contributed by atoms with Crippen molar-refractivity contribution in [3.8, 4) is 17.2 Å². The van der Waals surface area contributed by atoms with Crippen molar-refractivity contribution in [2.45, 2.75) is 6.92 Å². The van der Waals surface area contributed by atoms with Crippen LogP contribution in [-0.4, -0.2) is 26.0 Å². The molecule has 0 saturated carbocycles. The minimum atomic E-state index is -0.554. The van der Waals surface area contributed by atoms with Crippen molar-refractivity contribution < 1.29 is 23.8 Å². The zero-order valence-electron chi connectivity index (χ0n) is 12.4. The lowest BCUT2D eigenvalue weighted by atomic mass is 10.2. The molecule has 0 aromatic heterocycles. The van der Waals surface area contributed by atoms with Gasteiger partial charge in [0, 0.05) is 5.56 Å². The molecular formula is C17H16O5. The van der Waals surface area contributed by atoms with Crippen LogP contribution in [0.15, 0.2) is 42.5 Å². The molecule has 0 aliphatic rings. The van der Waals surface area contributed by atoms with Crippen LogP contribution in [0.1, 0.15) is 27.6 Å². The van der Waals surface area contributed by atoms with Crippen molar-refractivity contribution in [1.82, 2.24) is 0 Å². The summed E-state index contributed by atoms with van der Waals surface area (Å²) in [5.74, 6) is 0.455. The summed E-state index contributed by atoms with van der Waals surface area (Å²) in [6.07, 6.45) is 0.693. The van der Waals surface area contributed by atoms with Crippen LogP contribution < -0.4 is 14.2 Å². The van der Waals surface area contributed by atoms with E-state index < -0.39 is 5.97 Å². The van der Waals surface area contributed by atoms with E-state index in [-0.39, 0.29) is 5.75 Å². The second-order valence-electron chi connectivity index (χ2n) is 4.35. The Labute approximate surface area is 128 Å². The van der Waals surface area contributed by atoms with E-state index in [4.69, 9.17) is 14.2 Å². The van der Waals surface area contributed by atoms with Crippen molar-refractivity contribution in [3.05, 3.63) is 53.6 Å². The van der Waals surface area contributed by atoms with E-state index in [0.29, 0.717) is 35.5 Å². The summed E-state index contributed by atoms with van der Waals surface area (Å²) >= 11 is 0. The Hall–Kier alpha value is -2.82. The molecular weight excluding hydrogens is 284 g/mol. The number of hydrogen-bond acceptors (Lipinski definition) is 5. The smallest absolute Gasteiger partial charge is 0.347 e. The first kappa shape index (κ1) is 15.6. The van der Waals surface area contributed by atoms with Crippen molar-refractivity contribution in [3.63, 3.8) is 0 Å². The molecule has 5 nitrogen and oxygen atoms in total. The van der Waals surface area contributed by atoms with Crippen LogP contribution in [0.3, 0.4) is 0 Å². The van der Waals surface area contributed by atoms with E-state index in [9.17, 15) is 9.59 Å². The molecule has 0 fully saturated rings. The molecule has 114 valence electrons. The number of rotatable bonds is 6. The maximum Gasteiger partial charge on any atom is 0.347 e. The highest BCUT2D eigenvalue weighted by Crippen LogP contribution is 2.29. The Morgan fingerprint density at radius 3 is 2.55 bits per heavy atom. The lowest BCUT2D eigenvalue weighted by Crippen LogP contribution is -2.11. The van der Waals surface area contributed by atoms with E-state index in [2.05, 4.69) is 0 Å². The van der Waals surface area contributed by atoms with Gasteiger partial charge in [0.1, 0.15) is 17.6 Å². The molecule has 22 heavy (non-hydrogen) atoms. The summed E-state index contributed by atoms with van der Waals surface area (Å²) in [5, 5.41) is 0. The lowest BCUT2D eigenvalue weighted by Gasteiger charge is -2.12. The van der Waals surface area contributed by atoms with Gasteiger partial charge in [0.25, 0.3) is 0 Å². The fourth-order valence-electron chi connectivity index (χ4n) is 1.91. The number of methoxy groups -OCH3 is 1. The first-order chi connectivity index (χ1) is 10.7. The third-order valence-electron chi connectivity index (χ3n) is 2.93. The maximum atomic E-state index is 12.3. The molecule has 0 bridgehead atoms. The molecule has 0 N–H and O–H groups in total. The maximum absolute atomic E-state index is 12.3. The molecule has 5 heteroatoms. The largest absolute Gasteiger partial charge is 0.493 e. The van der Waals surface area contributed by atoms with E-state index in [1.54, 1.807) is 30.3 Å². The molecule has 0 atom stereocenters. The van der Waals surface area contributed by atoms with E-state index >= 15 is 0 Å². The molecule has 2 rings (SSSR count). The summed E-state index contributed by atoms with van der Waals surface area (Å²) in [7, 11) is 1.44. The fraction of sp³-hybridized carbons (Fsp3) is 0.176. The molecule has 0 saturated heterocycles. The van der Waals surface area contributed by atoms with Gasteiger partial charge in [-0.2, -0.15) is 0 Å². The minimum absolute atomic E-state index is 0.240. The SMILES string of the molecule is CCOc1ccccc1C(=O)Oc1ccc(C=O)cc1OC. The normalized spacial score (nSPS) is 9.91. The average Bonchev–Trinajstić information content (AvgIpc) is 2.56. The van der Waals surface area contributed by atoms with E-state index in [1.807, 2.05) is 6.92 Å². The van der Waals surface area contributed by atoms with Gasteiger partial charge < -0.3 is 14.2 Å². The zero-order chi connectivity index (χ0) is 15.9. The third-order valence-corrected chi connectivity index (χ3v) is 2.93. The number of ether oxygens (including phenoxy) is 3. The van der Waals surface area contributed by atoms with Crippen molar-refractivity contribution >= 4 is 12.3 Å². The highest BCUT2D eigenvalue weighted by molar-refractivity contribution is 5.94. The molecule has 0 aliphatic heterocycles. The van der Waals surface area contributed by atoms with Gasteiger partial charge in [-0.1, -0.05) is 12.1 Å². The van der Waals surface area contributed by atoms with Crippen LogP contribution in [0, 0.1) is 0 Å². The number of aldehydes is 1. The summed E-state index contributed by atoms with van der Waals surface area (Å²) in [6, 6.07) is 11.4. The Balaban J connectivity index is 2.27. The molecule has 0 amide bonds. The van der Waals surface area contributed by atoms with Gasteiger partial charge in [-0.25, -0.2) is 4.79 Å². The van der Waals surface area contributed by atoms with Gasteiger partial charge in [0.2, 0.25) is 0 Å². The van der Waals surface area contributed by atoms with E-state index in [0.717, 1.165) is 0 Å².